The summed E-state index contributed by atoms with van der Waals surface area (Å²) in [6.45, 7) is 0.249. The average Bonchev–Trinajstić information content (AvgIpc) is 2.79. The number of nitrogens with zero attached hydrogens (tertiary/aromatic N) is 4. The number of urea groups is 1. The van der Waals surface area contributed by atoms with Crippen molar-refractivity contribution < 1.29 is 32.4 Å². The smallest absolute Gasteiger partial charge is 0.312 e. The summed E-state index contributed by atoms with van der Waals surface area (Å²) in [5.74, 6) is -0.624. The van der Waals surface area contributed by atoms with Crippen LogP contribution >= 0.6 is 0 Å². The molecule has 0 saturated carbocycles. The predicted molar refractivity (Wildman–Crippen MR) is 76.2 cm³/mol. The molecule has 3 aliphatic rings. The fraction of sp³-hybridized carbons (Fsp3) is 0.769. The normalized spacial score (nSPS) is 25.4. The fourth-order valence-corrected chi connectivity index (χ4v) is 3.06. The number of hydrogen-bond donors (Lipinski definition) is 1. The van der Waals surface area contributed by atoms with E-state index in [1.807, 2.05) is 0 Å². The molecule has 0 aromatic rings. The monoisotopic (exact) mass is 365 g/mol. The van der Waals surface area contributed by atoms with Crippen LogP contribution in [0.3, 0.4) is 0 Å². The van der Waals surface area contributed by atoms with Crippen LogP contribution in [-0.4, -0.2) is 102 Å². The maximum Gasteiger partial charge on any atom is 0.434 e. The van der Waals surface area contributed by atoms with Gasteiger partial charge < -0.3 is 20.0 Å². The molecule has 25 heavy (non-hydrogen) atoms. The summed E-state index contributed by atoms with van der Waals surface area (Å²) in [5, 5.41) is 3.42. The van der Waals surface area contributed by atoms with E-state index in [0.717, 1.165) is 0 Å². The largest absolute Gasteiger partial charge is 0.434 e. The number of imide groups is 1. The van der Waals surface area contributed by atoms with Crippen LogP contribution in [0.25, 0.3) is 0 Å². The zero-order valence-electron chi connectivity index (χ0n) is 13.3. The highest BCUT2D eigenvalue weighted by molar-refractivity contribution is 6.04. The summed E-state index contributed by atoms with van der Waals surface area (Å²) in [7, 11) is 0. The van der Waals surface area contributed by atoms with Crippen molar-refractivity contribution in [3.05, 3.63) is 0 Å². The minimum Gasteiger partial charge on any atom is -0.312 e. The first-order chi connectivity index (χ1) is 11.8. The summed E-state index contributed by atoms with van der Waals surface area (Å²) < 4.78 is 37.1. The van der Waals surface area contributed by atoms with Gasteiger partial charge in [-0.2, -0.15) is 13.2 Å². The minimum absolute atomic E-state index is 0.0276. The van der Waals surface area contributed by atoms with Gasteiger partial charge in [0, 0.05) is 45.8 Å². The number of fused-ring (bicyclic) bond motifs is 1. The van der Waals surface area contributed by atoms with E-state index < -0.39 is 36.8 Å². The van der Waals surface area contributed by atoms with Crippen molar-refractivity contribution in [3.8, 4) is 0 Å². The van der Waals surface area contributed by atoms with Gasteiger partial charge in [-0.3, -0.25) is 9.69 Å². The molecule has 12 heteroatoms. The highest BCUT2D eigenvalue weighted by Crippen LogP contribution is 2.21. The Morgan fingerprint density at radius 3 is 2.44 bits per heavy atom. The molecule has 3 aliphatic heterocycles. The number of halogens is 3. The average molecular weight is 365 g/mol. The first-order valence-electron chi connectivity index (χ1n) is 7.87. The molecule has 0 aromatic carbocycles. The number of hydrogen-bond acceptors (Lipinski definition) is 6. The third-order valence-corrected chi connectivity index (χ3v) is 4.35. The quantitative estimate of drug-likeness (QED) is 0.662. The van der Waals surface area contributed by atoms with E-state index in [1.165, 1.54) is 14.7 Å². The van der Waals surface area contributed by atoms with Gasteiger partial charge in [-0.25, -0.2) is 9.59 Å². The topological polar surface area (TPSA) is 85.4 Å². The van der Waals surface area contributed by atoms with Gasteiger partial charge in [0.2, 0.25) is 0 Å². The first kappa shape index (κ1) is 17.7. The van der Waals surface area contributed by atoms with Gasteiger partial charge in [0.25, 0.3) is 5.91 Å². The summed E-state index contributed by atoms with van der Waals surface area (Å²) in [4.78, 5) is 45.1. The van der Waals surface area contributed by atoms with Gasteiger partial charge >= 0.3 is 18.3 Å². The van der Waals surface area contributed by atoms with Gasteiger partial charge in [-0.05, 0) is 0 Å². The molecule has 3 heterocycles. The zero-order chi connectivity index (χ0) is 18.2. The molecule has 0 radical (unpaired) electrons. The lowest BCUT2D eigenvalue weighted by Gasteiger charge is -2.34. The van der Waals surface area contributed by atoms with Crippen LogP contribution in [0.2, 0.25) is 0 Å². The predicted octanol–water partition coefficient (Wildman–Crippen LogP) is -0.546. The van der Waals surface area contributed by atoms with Crippen LogP contribution in [0.4, 0.5) is 22.8 Å². The second kappa shape index (κ2) is 6.67. The molecule has 9 nitrogen and oxygen atoms in total. The molecular weight excluding hydrogens is 347 g/mol. The number of carbonyl (C=O) groups is 3. The van der Waals surface area contributed by atoms with Gasteiger partial charge in [-0.1, -0.05) is 5.06 Å². The lowest BCUT2D eigenvalue weighted by molar-refractivity contribution is -0.155. The van der Waals surface area contributed by atoms with E-state index in [9.17, 15) is 27.6 Å². The van der Waals surface area contributed by atoms with Crippen molar-refractivity contribution in [3.63, 3.8) is 0 Å². The van der Waals surface area contributed by atoms with Crippen LogP contribution in [0.15, 0.2) is 0 Å². The molecular formula is C13H18F3N5O4. The van der Waals surface area contributed by atoms with Crippen molar-refractivity contribution in [2.45, 2.75) is 12.2 Å². The molecule has 3 rings (SSSR count). The van der Waals surface area contributed by atoms with Crippen LogP contribution in [0.1, 0.15) is 0 Å². The van der Waals surface area contributed by atoms with E-state index in [4.69, 9.17) is 4.84 Å². The molecule has 0 spiro atoms. The molecule has 4 amide bonds. The lowest BCUT2D eigenvalue weighted by Crippen LogP contribution is -2.52. The van der Waals surface area contributed by atoms with E-state index in [2.05, 4.69) is 5.32 Å². The Morgan fingerprint density at radius 2 is 1.84 bits per heavy atom. The number of piperazine rings is 2. The Morgan fingerprint density at radius 1 is 1.16 bits per heavy atom. The van der Waals surface area contributed by atoms with Gasteiger partial charge in [-0.15, -0.1) is 0 Å². The molecule has 0 aliphatic carbocycles. The Hall–Kier alpha value is -2.08. The first-order valence-corrected chi connectivity index (χ1v) is 7.87. The van der Waals surface area contributed by atoms with Crippen molar-refractivity contribution in [2.75, 3.05) is 52.4 Å². The van der Waals surface area contributed by atoms with Crippen molar-refractivity contribution in [1.82, 2.24) is 25.1 Å². The van der Waals surface area contributed by atoms with Crippen LogP contribution < -0.4 is 5.32 Å². The molecule has 3 saturated heterocycles. The van der Waals surface area contributed by atoms with E-state index in [-0.39, 0.29) is 32.7 Å². The number of amides is 4. The fourth-order valence-electron chi connectivity index (χ4n) is 3.06. The Kier molecular flexibility index (Phi) is 4.73. The van der Waals surface area contributed by atoms with Crippen LogP contribution in [0, 0.1) is 0 Å². The van der Waals surface area contributed by atoms with Crippen molar-refractivity contribution >= 4 is 18.0 Å². The van der Waals surface area contributed by atoms with Crippen LogP contribution in [0.5, 0.6) is 0 Å². The molecule has 1 N–H and O–H groups in total. The Bertz CT molecular complexity index is 540. The number of rotatable bonds is 2. The molecule has 0 bridgehead atoms. The van der Waals surface area contributed by atoms with Gasteiger partial charge in [0.05, 0.1) is 6.54 Å². The third kappa shape index (κ3) is 3.79. The summed E-state index contributed by atoms with van der Waals surface area (Å²) in [5.41, 5.74) is 0. The molecule has 0 aromatic heterocycles. The SMILES string of the molecule is O=C(ON1C(=O)C2CNCCN2C1=O)N1CCN(CC(F)(F)F)CC1. The number of hydroxylamine groups is 2. The second-order valence-corrected chi connectivity index (χ2v) is 6.06. The highest BCUT2D eigenvalue weighted by atomic mass is 19.4. The summed E-state index contributed by atoms with van der Waals surface area (Å²) in [6.07, 6.45) is -5.21. The van der Waals surface area contributed by atoms with E-state index in [0.29, 0.717) is 18.2 Å². The standard InChI is InChI=1S/C13H18F3N5O4/c14-13(15,16)8-18-3-5-19(6-4-18)12(24)25-21-10(22)9-7-17-1-2-20(9)11(21)23/h9,17H,1-8H2. The molecule has 140 valence electrons. The Labute approximate surface area is 141 Å². The zero-order valence-corrected chi connectivity index (χ0v) is 13.3. The highest BCUT2D eigenvalue weighted by Gasteiger charge is 2.49. The lowest BCUT2D eigenvalue weighted by atomic mass is 10.2. The van der Waals surface area contributed by atoms with Crippen molar-refractivity contribution in [1.29, 1.82) is 0 Å². The minimum atomic E-state index is -4.30. The van der Waals surface area contributed by atoms with Crippen molar-refractivity contribution in [2.24, 2.45) is 0 Å². The van der Waals surface area contributed by atoms with E-state index in [1.54, 1.807) is 0 Å². The second-order valence-electron chi connectivity index (χ2n) is 6.06. The summed E-state index contributed by atoms with van der Waals surface area (Å²) in [6, 6.07) is -1.39. The van der Waals surface area contributed by atoms with Gasteiger partial charge in [0.15, 0.2) is 0 Å². The maximum absolute atomic E-state index is 12.4. The third-order valence-electron chi connectivity index (χ3n) is 4.35. The number of nitrogens with one attached hydrogen (secondary N) is 1. The van der Waals surface area contributed by atoms with Gasteiger partial charge in [0.1, 0.15) is 6.04 Å². The Balaban J connectivity index is 1.53. The summed E-state index contributed by atoms with van der Waals surface area (Å²) >= 11 is 0. The molecule has 3 fully saturated rings. The van der Waals surface area contributed by atoms with E-state index >= 15 is 0 Å². The number of carbonyl (C=O) groups excluding carboxylic acids is 3. The molecule has 1 atom stereocenters. The molecule has 1 unspecified atom stereocenters. The maximum atomic E-state index is 12.4. The number of alkyl halides is 3. The van der Waals surface area contributed by atoms with Crippen LogP contribution in [-0.2, 0) is 9.63 Å².